The Morgan fingerprint density at radius 2 is 1.00 bits per heavy atom. The zero-order valence-corrected chi connectivity index (χ0v) is 34.1. The Hall–Kier alpha value is -0.590. The third-order valence-corrected chi connectivity index (χ3v) is 9.96. The van der Waals surface area contributed by atoms with Crippen molar-refractivity contribution in [2.24, 2.45) is 0 Å². The van der Waals surface area contributed by atoms with Gasteiger partial charge < -0.3 is 29.2 Å². The molecule has 0 rings (SSSR count). The maximum atomic E-state index is 13.0. The Labute approximate surface area is 304 Å². The van der Waals surface area contributed by atoms with Crippen LogP contribution in [0.25, 0.3) is 0 Å². The van der Waals surface area contributed by atoms with Gasteiger partial charge >= 0.3 is 0 Å². The normalized spacial score (nSPS) is 11.4. The van der Waals surface area contributed by atoms with Crippen molar-refractivity contribution in [3.8, 4) is 0 Å². The Morgan fingerprint density at radius 1 is 0.551 bits per heavy atom. The van der Waals surface area contributed by atoms with E-state index in [0.717, 1.165) is 12.8 Å². The maximum absolute atomic E-state index is 13.0. The molecule has 288 valence electrons. The van der Waals surface area contributed by atoms with Crippen molar-refractivity contribution in [1.29, 1.82) is 0 Å². The molecule has 0 bridgehead atoms. The lowest BCUT2D eigenvalue weighted by Crippen LogP contribution is -2.37. The summed E-state index contributed by atoms with van der Waals surface area (Å²) < 4.78 is 22.1. The highest BCUT2D eigenvalue weighted by Crippen LogP contribution is 2.22. The average molecular weight is 753 g/mol. The van der Waals surface area contributed by atoms with E-state index in [-0.39, 0.29) is 31.1 Å². The highest BCUT2D eigenvalue weighted by molar-refractivity contribution is 8.11. The highest BCUT2D eigenvalue weighted by atomic mass is 32.0. The van der Waals surface area contributed by atoms with E-state index in [1.165, 1.54) is 83.5 Å². The first-order valence-corrected chi connectivity index (χ1v) is 22.4. The van der Waals surface area contributed by atoms with Gasteiger partial charge in [0.2, 0.25) is 11.8 Å². The molecule has 0 fully saturated rings. The average Bonchev–Trinajstić information content (AvgIpc) is 3.09. The summed E-state index contributed by atoms with van der Waals surface area (Å²) in [6.07, 6.45) is 21.8. The minimum atomic E-state index is -0.00732. The highest BCUT2D eigenvalue weighted by Gasteiger charge is 2.13. The van der Waals surface area contributed by atoms with Crippen molar-refractivity contribution in [2.45, 2.75) is 135 Å². The Balaban J connectivity index is 4.04. The predicted molar refractivity (Wildman–Crippen MR) is 209 cm³/mol. The molecule has 0 saturated heterocycles. The maximum Gasteiger partial charge on any atom is 0.222 e. The molecule has 0 aromatic heterocycles. The number of ether oxygens (including phenoxy) is 4. The van der Waals surface area contributed by atoms with E-state index in [0.29, 0.717) is 105 Å². The van der Waals surface area contributed by atoms with Crippen LogP contribution in [0, 0.1) is 0 Å². The number of carbonyl (C=O) groups excluding carboxylic acids is 4. The number of carbonyl (C=O) groups is 4. The van der Waals surface area contributed by atoms with Crippen LogP contribution in [-0.2, 0) is 38.1 Å². The fourth-order valence-corrected chi connectivity index (χ4v) is 5.93. The quantitative estimate of drug-likeness (QED) is 0.0517. The van der Waals surface area contributed by atoms with Crippen LogP contribution in [0.5, 0.6) is 0 Å². The minimum Gasteiger partial charge on any atom is -0.379 e. The van der Waals surface area contributed by atoms with Gasteiger partial charge in [0.25, 0.3) is 0 Å². The second-order valence-electron chi connectivity index (χ2n) is 12.5. The molecule has 49 heavy (non-hydrogen) atoms. The second-order valence-corrected chi connectivity index (χ2v) is 14.9. The Bertz CT molecular complexity index is 810. The third-order valence-electron chi connectivity index (χ3n) is 8.13. The van der Waals surface area contributed by atoms with Crippen molar-refractivity contribution in [1.82, 2.24) is 10.2 Å². The van der Waals surface area contributed by atoms with Crippen LogP contribution >= 0.6 is 26.4 Å². The molecule has 3 atom stereocenters. The molecule has 10 nitrogen and oxygen atoms in total. The molecule has 0 aliphatic carbocycles. The van der Waals surface area contributed by atoms with Crippen molar-refractivity contribution < 1.29 is 38.1 Å². The molecule has 0 aromatic rings. The lowest BCUT2D eigenvalue weighted by atomic mass is 10.0. The summed E-state index contributed by atoms with van der Waals surface area (Å²) in [6.45, 7) is 6.62. The first-order valence-electron chi connectivity index (χ1n) is 19.0. The van der Waals surface area contributed by atoms with Gasteiger partial charge in [-0.1, -0.05) is 106 Å². The van der Waals surface area contributed by atoms with Gasteiger partial charge in [-0.25, -0.2) is 0 Å². The number of unbranched alkanes of at least 4 members (excludes halogenated alkanes) is 14. The Morgan fingerprint density at radius 3 is 1.47 bits per heavy atom. The summed E-state index contributed by atoms with van der Waals surface area (Å²) in [5.41, 5.74) is 0.179. The molecule has 0 saturated carbocycles. The molecule has 0 heterocycles. The van der Waals surface area contributed by atoms with Gasteiger partial charge in [0, 0.05) is 45.3 Å². The number of amides is 2. The summed E-state index contributed by atoms with van der Waals surface area (Å²) in [4.78, 5) is 49.3. The minimum absolute atomic E-state index is 0.00732. The lowest BCUT2D eigenvalue weighted by molar-refractivity contribution is -0.133. The number of nitrogens with zero attached hydrogens (tertiary/aromatic N) is 1. The van der Waals surface area contributed by atoms with E-state index in [9.17, 15) is 19.2 Å². The van der Waals surface area contributed by atoms with Crippen LogP contribution in [-0.4, -0.2) is 100 Å². The van der Waals surface area contributed by atoms with Crippen LogP contribution in [0.2, 0.25) is 0 Å². The third kappa shape index (κ3) is 37.0. The smallest absolute Gasteiger partial charge is 0.222 e. The number of nitrogens with one attached hydrogen (secondary N) is 1. The fraction of sp³-hybridized carbons (Fsp3) is 0.889. The molecule has 0 aliphatic heterocycles. The molecule has 0 aromatic carbocycles. The van der Waals surface area contributed by atoms with Gasteiger partial charge in [-0.3, -0.25) is 19.2 Å². The molecule has 0 radical (unpaired) electrons. The largest absolute Gasteiger partial charge is 0.379 e. The summed E-state index contributed by atoms with van der Waals surface area (Å²) in [5, 5.41) is 2.97. The number of hydrogen-bond acceptors (Lipinski definition) is 8. The molecular formula is C36H71N2O8P3. The van der Waals surface area contributed by atoms with E-state index in [2.05, 4.69) is 30.4 Å². The van der Waals surface area contributed by atoms with Crippen molar-refractivity contribution in [3.05, 3.63) is 0 Å². The van der Waals surface area contributed by atoms with Crippen LogP contribution in [0.1, 0.15) is 135 Å². The topological polar surface area (TPSA) is 120 Å². The second kappa shape index (κ2) is 38.6. The summed E-state index contributed by atoms with van der Waals surface area (Å²) in [7, 11) is 4.78. The van der Waals surface area contributed by atoms with E-state index >= 15 is 0 Å². The summed E-state index contributed by atoms with van der Waals surface area (Å²) in [5.74, 6) is 0.0535. The van der Waals surface area contributed by atoms with Crippen molar-refractivity contribution in [2.75, 3.05) is 72.5 Å². The van der Waals surface area contributed by atoms with E-state index in [1.807, 2.05) is 0 Å². The van der Waals surface area contributed by atoms with E-state index in [1.54, 1.807) is 4.90 Å². The van der Waals surface area contributed by atoms with E-state index in [4.69, 9.17) is 18.9 Å². The first-order chi connectivity index (χ1) is 23.9. The van der Waals surface area contributed by atoms with Crippen LogP contribution < -0.4 is 5.32 Å². The molecule has 0 spiro atoms. The van der Waals surface area contributed by atoms with Gasteiger partial charge in [0.15, 0.2) is 11.0 Å². The van der Waals surface area contributed by atoms with Crippen molar-refractivity contribution >= 4 is 49.3 Å². The number of hydrogen-bond donors (Lipinski definition) is 1. The van der Waals surface area contributed by atoms with E-state index < -0.39 is 0 Å². The lowest BCUT2D eigenvalue weighted by Gasteiger charge is -2.23. The molecule has 3 unspecified atom stereocenters. The van der Waals surface area contributed by atoms with Crippen LogP contribution in [0.3, 0.4) is 0 Å². The summed E-state index contributed by atoms with van der Waals surface area (Å²) in [6, 6.07) is 0. The molecular weight excluding hydrogens is 681 g/mol. The van der Waals surface area contributed by atoms with Gasteiger partial charge in [-0.15, -0.1) is 8.93 Å². The zero-order chi connectivity index (χ0) is 36.0. The van der Waals surface area contributed by atoms with Gasteiger partial charge in [-0.05, 0) is 21.1 Å². The number of rotatable bonds is 39. The first kappa shape index (κ1) is 48.4. The Kier molecular flexibility index (Phi) is 38.2. The molecule has 2 amide bonds. The molecule has 0 aliphatic rings. The summed E-state index contributed by atoms with van der Waals surface area (Å²) >= 11 is 0. The zero-order valence-electron chi connectivity index (χ0n) is 30.8. The SMILES string of the molecule is CCCCCCCCCCCCCCCCCC(=O)NCCCC(=O)N(CCOCCOCCC(=O)P)CCOCCOCCC(=O)PP. The molecule has 1 N–H and O–H groups in total. The molecule has 13 heteroatoms. The van der Waals surface area contributed by atoms with Crippen molar-refractivity contribution in [3.63, 3.8) is 0 Å². The van der Waals surface area contributed by atoms with Gasteiger partial charge in [-0.2, -0.15) is 0 Å². The fourth-order valence-electron chi connectivity index (χ4n) is 5.14. The predicted octanol–water partition coefficient (Wildman–Crippen LogP) is 7.22. The monoisotopic (exact) mass is 752 g/mol. The standard InChI is InChI=1S/C36H71N2O8P3/c1-2-3-4-5-6-7-8-9-10-11-12-13-14-15-16-18-33(39)37-22-17-19-34(40)38(23-27-45-31-29-43-25-20-35(41)47)24-28-46-32-30-44-26-21-36(42)49-48/h49H,2-32,47-48H2,1H3,(H,37,39). The van der Waals surface area contributed by atoms with Crippen LogP contribution in [0.15, 0.2) is 0 Å². The van der Waals surface area contributed by atoms with Gasteiger partial charge in [0.05, 0.1) is 52.9 Å². The van der Waals surface area contributed by atoms with Crippen LogP contribution in [0.4, 0.5) is 0 Å². The van der Waals surface area contributed by atoms with Gasteiger partial charge in [0.1, 0.15) is 0 Å².